The van der Waals surface area contributed by atoms with Crippen molar-refractivity contribution in [2.45, 2.75) is 56.6 Å². The summed E-state index contributed by atoms with van der Waals surface area (Å²) in [6, 6.07) is 1.13. The van der Waals surface area contributed by atoms with Gasteiger partial charge in [-0.1, -0.05) is 0 Å². The molecule has 1 aromatic rings. The molecule has 1 saturated carbocycles. The summed E-state index contributed by atoms with van der Waals surface area (Å²) in [7, 11) is 1.64. The van der Waals surface area contributed by atoms with E-state index >= 15 is 0 Å². The Bertz CT molecular complexity index is 974. The van der Waals surface area contributed by atoms with Crippen LogP contribution in [0.5, 0.6) is 0 Å². The van der Waals surface area contributed by atoms with Crippen molar-refractivity contribution in [3.8, 4) is 0 Å². The number of carbonyl (C=O) groups excluding carboxylic acids is 2. The molecule has 3 fully saturated rings. The number of nitrogens with one attached hydrogen (secondary N) is 2. The summed E-state index contributed by atoms with van der Waals surface area (Å²) >= 11 is 0. The number of carbonyl (C=O) groups is 2. The van der Waals surface area contributed by atoms with Gasteiger partial charge in [0, 0.05) is 63.7 Å². The first-order chi connectivity index (χ1) is 16.2. The molecule has 1 aliphatic carbocycles. The number of pyridine rings is 1. The van der Waals surface area contributed by atoms with Gasteiger partial charge >= 0.3 is 6.18 Å². The molecule has 0 unspecified atom stereocenters. The summed E-state index contributed by atoms with van der Waals surface area (Å²) < 4.78 is 50.6. The average Bonchev–Trinajstić information content (AvgIpc) is 3.34. The Morgan fingerprint density at radius 3 is 3.00 bits per heavy atom. The predicted molar refractivity (Wildman–Crippen MR) is 113 cm³/mol. The van der Waals surface area contributed by atoms with E-state index in [1.54, 1.807) is 12.0 Å². The van der Waals surface area contributed by atoms with Crippen LogP contribution in [0.3, 0.4) is 0 Å². The molecule has 34 heavy (non-hydrogen) atoms. The molecule has 0 bridgehead atoms. The Hall–Kier alpha value is -2.24. The highest BCUT2D eigenvalue weighted by Crippen LogP contribution is 2.48. The Balaban J connectivity index is 1.34. The highest BCUT2D eigenvalue weighted by Gasteiger charge is 2.60. The van der Waals surface area contributed by atoms with E-state index in [9.17, 15) is 22.8 Å². The Labute approximate surface area is 195 Å². The first-order valence-electron chi connectivity index (χ1n) is 11.7. The van der Waals surface area contributed by atoms with Gasteiger partial charge in [0.25, 0.3) is 0 Å². The van der Waals surface area contributed by atoms with E-state index in [0.717, 1.165) is 18.7 Å². The van der Waals surface area contributed by atoms with Gasteiger partial charge in [0.05, 0.1) is 29.6 Å². The molecular weight excluding hydrogens is 453 g/mol. The molecule has 4 aliphatic rings. The van der Waals surface area contributed by atoms with E-state index in [1.807, 2.05) is 0 Å². The summed E-state index contributed by atoms with van der Waals surface area (Å²) in [4.78, 5) is 32.1. The fourth-order valence-corrected chi connectivity index (χ4v) is 6.04. The highest BCUT2D eigenvalue weighted by molar-refractivity contribution is 5.95. The number of nitrogens with zero attached hydrogens (tertiary/aromatic N) is 2. The van der Waals surface area contributed by atoms with E-state index in [0.29, 0.717) is 50.3 Å². The summed E-state index contributed by atoms with van der Waals surface area (Å²) in [5.74, 6) is -0.760. The molecule has 0 spiro atoms. The van der Waals surface area contributed by atoms with Crippen LogP contribution in [-0.4, -0.2) is 73.3 Å². The fraction of sp³-hybridized carbons (Fsp3) is 0.696. The number of ether oxygens (including phenoxy) is 2. The molecule has 5 atom stereocenters. The second-order valence-corrected chi connectivity index (χ2v) is 9.78. The second kappa shape index (κ2) is 8.76. The van der Waals surface area contributed by atoms with Crippen LogP contribution in [0.15, 0.2) is 12.3 Å². The van der Waals surface area contributed by atoms with Gasteiger partial charge in [-0.15, -0.1) is 0 Å². The molecule has 1 aromatic heterocycles. The molecule has 5 rings (SSSR count). The monoisotopic (exact) mass is 482 g/mol. The zero-order valence-corrected chi connectivity index (χ0v) is 19.0. The van der Waals surface area contributed by atoms with Crippen LogP contribution in [-0.2, 0) is 38.2 Å². The standard InChI is InChI=1S/C23H29F3N4O4/c1-33-19-11-34-5-3-18(19)29-15-7-16-20(31)28-12-22(16,8-15)21(32)30-4-2-17-13(10-30)6-14(9-27-17)23(24,25)26/h6,9,15-16,18-19,29H,2-5,7-8,10-12H2,1H3,(H,28,31)/t15-,16+,18+,19-,22+/m1/s1. The number of hydrogen-bond acceptors (Lipinski definition) is 6. The van der Waals surface area contributed by atoms with Crippen LogP contribution in [0.2, 0.25) is 0 Å². The summed E-state index contributed by atoms with van der Waals surface area (Å²) in [5.41, 5.74) is -0.710. The minimum Gasteiger partial charge on any atom is -0.379 e. The van der Waals surface area contributed by atoms with E-state index < -0.39 is 23.1 Å². The van der Waals surface area contributed by atoms with E-state index in [2.05, 4.69) is 15.6 Å². The van der Waals surface area contributed by atoms with Crippen molar-refractivity contribution < 1.29 is 32.2 Å². The maximum absolute atomic E-state index is 13.8. The topological polar surface area (TPSA) is 92.8 Å². The van der Waals surface area contributed by atoms with Crippen LogP contribution in [0.4, 0.5) is 13.2 Å². The summed E-state index contributed by atoms with van der Waals surface area (Å²) in [6.45, 7) is 1.81. The van der Waals surface area contributed by atoms with E-state index in [-0.39, 0.29) is 43.1 Å². The number of methoxy groups -OCH3 is 1. The minimum absolute atomic E-state index is 0.0312. The first kappa shape index (κ1) is 23.5. The van der Waals surface area contributed by atoms with Crippen LogP contribution in [0.25, 0.3) is 0 Å². The third kappa shape index (κ3) is 4.07. The van der Waals surface area contributed by atoms with Crippen molar-refractivity contribution in [3.63, 3.8) is 0 Å². The van der Waals surface area contributed by atoms with Gasteiger partial charge in [0.2, 0.25) is 11.8 Å². The molecule has 3 aliphatic heterocycles. The Morgan fingerprint density at radius 2 is 2.24 bits per heavy atom. The summed E-state index contributed by atoms with van der Waals surface area (Å²) in [6.07, 6.45) is -1.53. The lowest BCUT2D eigenvalue weighted by Gasteiger charge is -2.37. The number of alkyl halides is 3. The van der Waals surface area contributed by atoms with Gasteiger partial charge in [0.15, 0.2) is 0 Å². The van der Waals surface area contributed by atoms with Crippen molar-refractivity contribution in [2.75, 3.05) is 33.4 Å². The van der Waals surface area contributed by atoms with Crippen molar-refractivity contribution >= 4 is 11.8 Å². The minimum atomic E-state index is -4.49. The van der Waals surface area contributed by atoms with Gasteiger partial charge in [-0.2, -0.15) is 13.2 Å². The normalized spacial score (nSPS) is 33.4. The van der Waals surface area contributed by atoms with Gasteiger partial charge in [-0.25, -0.2) is 0 Å². The molecule has 2 N–H and O–H groups in total. The lowest BCUT2D eigenvalue weighted by Crippen LogP contribution is -2.52. The van der Waals surface area contributed by atoms with E-state index in [4.69, 9.17) is 9.47 Å². The van der Waals surface area contributed by atoms with Crippen LogP contribution >= 0.6 is 0 Å². The number of aromatic nitrogens is 1. The fourth-order valence-electron chi connectivity index (χ4n) is 6.04. The first-order valence-corrected chi connectivity index (χ1v) is 11.7. The number of hydrogen-bond donors (Lipinski definition) is 2. The number of amides is 2. The van der Waals surface area contributed by atoms with Crippen LogP contribution in [0, 0.1) is 11.3 Å². The van der Waals surface area contributed by atoms with Gasteiger partial charge < -0.3 is 25.0 Å². The van der Waals surface area contributed by atoms with Crippen molar-refractivity contribution in [1.29, 1.82) is 0 Å². The molecule has 186 valence electrons. The largest absolute Gasteiger partial charge is 0.417 e. The SMILES string of the molecule is CO[C@@H]1COCC[C@@H]1N[C@@H]1C[C@H]2C(=O)NC[C@@]2(C(=O)N2CCc3ncc(C(F)(F)F)cc3C2)C1. The predicted octanol–water partition coefficient (Wildman–Crippen LogP) is 1.27. The lowest BCUT2D eigenvalue weighted by molar-refractivity contribution is -0.145. The third-order valence-corrected chi connectivity index (χ3v) is 7.83. The maximum Gasteiger partial charge on any atom is 0.417 e. The van der Waals surface area contributed by atoms with Crippen LogP contribution in [0.1, 0.15) is 36.1 Å². The third-order valence-electron chi connectivity index (χ3n) is 7.83. The molecule has 2 saturated heterocycles. The second-order valence-electron chi connectivity index (χ2n) is 9.78. The molecule has 2 amide bonds. The number of halogens is 3. The lowest BCUT2D eigenvalue weighted by atomic mass is 9.78. The average molecular weight is 483 g/mol. The zero-order chi connectivity index (χ0) is 24.1. The molecule has 11 heteroatoms. The Kier molecular flexibility index (Phi) is 6.06. The van der Waals surface area contributed by atoms with Crippen molar-refractivity contribution in [1.82, 2.24) is 20.5 Å². The number of fused-ring (bicyclic) bond motifs is 2. The molecule has 8 nitrogen and oxygen atoms in total. The van der Waals surface area contributed by atoms with Crippen molar-refractivity contribution in [2.24, 2.45) is 11.3 Å². The Morgan fingerprint density at radius 1 is 1.41 bits per heavy atom. The van der Waals surface area contributed by atoms with Gasteiger partial charge in [-0.3, -0.25) is 14.6 Å². The zero-order valence-electron chi connectivity index (χ0n) is 19.0. The maximum atomic E-state index is 13.8. The van der Waals surface area contributed by atoms with E-state index in [1.165, 1.54) is 0 Å². The highest BCUT2D eigenvalue weighted by atomic mass is 19.4. The van der Waals surface area contributed by atoms with Crippen molar-refractivity contribution in [3.05, 3.63) is 29.1 Å². The van der Waals surface area contributed by atoms with Gasteiger partial charge in [0.1, 0.15) is 0 Å². The molecule has 0 aromatic carbocycles. The smallest absolute Gasteiger partial charge is 0.379 e. The number of rotatable bonds is 4. The van der Waals surface area contributed by atoms with Crippen LogP contribution < -0.4 is 10.6 Å². The van der Waals surface area contributed by atoms with Gasteiger partial charge in [-0.05, 0) is 30.9 Å². The quantitative estimate of drug-likeness (QED) is 0.672. The molecule has 4 heterocycles. The molecule has 0 radical (unpaired) electrons. The summed E-state index contributed by atoms with van der Waals surface area (Å²) in [5, 5.41) is 6.45. The molecular formula is C23H29F3N4O4.